The van der Waals surface area contributed by atoms with E-state index < -0.39 is 29.8 Å². The number of nitrogens with zero attached hydrogens (tertiary/aromatic N) is 3. The monoisotopic (exact) mass is 587 g/mol. The molecule has 1 saturated heterocycles. The summed E-state index contributed by atoms with van der Waals surface area (Å²) in [6.45, 7) is 9.43. The van der Waals surface area contributed by atoms with Crippen LogP contribution in [-0.2, 0) is 15.7 Å². The van der Waals surface area contributed by atoms with E-state index in [2.05, 4.69) is 15.5 Å². The standard InChI is InChI=1S/C30H36F3N5O4/c1-5-37-24(25(27(39)42-6-2)26(35-29(37)41)23-10-8-7-9-19(23)3)18-36-15-16-38(20(4)17-36)28(40)34-22-13-11-21(12-14-22)30(31,32)33/h7-14,20,26H,5-6,15-18H2,1-4H3,(H,34,40)(H,35,41)/t20-,26-/m1/s1. The molecular weight excluding hydrogens is 551 g/mol. The van der Waals surface area contributed by atoms with Crippen molar-refractivity contribution in [2.45, 2.75) is 46.0 Å². The Morgan fingerprint density at radius 3 is 2.36 bits per heavy atom. The molecular formula is C30H36F3N5O4. The SMILES string of the molecule is CCOC(=O)C1=C(CN2CCN(C(=O)Nc3ccc(C(F)(F)F)cc3)[C@H](C)C2)N(CC)C(=O)N[C@@H]1c1ccccc1C. The van der Waals surface area contributed by atoms with Gasteiger partial charge < -0.3 is 20.3 Å². The summed E-state index contributed by atoms with van der Waals surface area (Å²) in [6.07, 6.45) is -4.46. The first-order chi connectivity index (χ1) is 19.9. The van der Waals surface area contributed by atoms with Gasteiger partial charge >= 0.3 is 24.2 Å². The highest BCUT2D eigenvalue weighted by atomic mass is 19.4. The highest BCUT2D eigenvalue weighted by Gasteiger charge is 2.39. The smallest absolute Gasteiger partial charge is 0.416 e. The van der Waals surface area contributed by atoms with E-state index in [-0.39, 0.29) is 30.9 Å². The van der Waals surface area contributed by atoms with Crippen LogP contribution in [0.1, 0.15) is 43.5 Å². The van der Waals surface area contributed by atoms with Crippen LogP contribution in [0.5, 0.6) is 0 Å². The predicted octanol–water partition coefficient (Wildman–Crippen LogP) is 5.16. The molecule has 12 heteroatoms. The van der Waals surface area contributed by atoms with E-state index in [9.17, 15) is 27.6 Å². The number of carbonyl (C=O) groups is 3. The van der Waals surface area contributed by atoms with Gasteiger partial charge in [0.25, 0.3) is 0 Å². The van der Waals surface area contributed by atoms with Crippen molar-refractivity contribution in [1.82, 2.24) is 20.0 Å². The molecule has 226 valence electrons. The maximum atomic E-state index is 13.4. The number of alkyl halides is 3. The number of esters is 1. The van der Waals surface area contributed by atoms with Gasteiger partial charge in [0.2, 0.25) is 0 Å². The molecule has 0 aliphatic carbocycles. The Morgan fingerprint density at radius 1 is 1.07 bits per heavy atom. The van der Waals surface area contributed by atoms with E-state index in [1.807, 2.05) is 45.0 Å². The quantitative estimate of drug-likeness (QED) is 0.437. The number of urea groups is 2. The number of anilines is 1. The van der Waals surface area contributed by atoms with Crippen molar-refractivity contribution in [2.75, 3.05) is 44.6 Å². The Hall–Kier alpha value is -4.06. The third-order valence-corrected chi connectivity index (χ3v) is 7.56. The van der Waals surface area contributed by atoms with Gasteiger partial charge in [-0.3, -0.25) is 9.80 Å². The molecule has 1 fully saturated rings. The van der Waals surface area contributed by atoms with Gasteiger partial charge in [0, 0.05) is 50.2 Å². The number of carbonyl (C=O) groups excluding carboxylic acids is 3. The molecule has 0 unspecified atom stereocenters. The van der Waals surface area contributed by atoms with Gasteiger partial charge in [0.15, 0.2) is 0 Å². The first-order valence-electron chi connectivity index (χ1n) is 14.0. The highest BCUT2D eigenvalue weighted by molar-refractivity contribution is 5.95. The number of halogens is 3. The average molecular weight is 588 g/mol. The Morgan fingerprint density at radius 2 is 1.76 bits per heavy atom. The Balaban J connectivity index is 1.54. The van der Waals surface area contributed by atoms with Crippen LogP contribution in [-0.4, -0.2) is 78.1 Å². The second-order valence-corrected chi connectivity index (χ2v) is 10.3. The molecule has 2 atom stereocenters. The van der Waals surface area contributed by atoms with Crippen molar-refractivity contribution in [2.24, 2.45) is 0 Å². The lowest BCUT2D eigenvalue weighted by Crippen LogP contribution is -2.57. The molecule has 0 aromatic heterocycles. The number of aryl methyl sites for hydroxylation is 1. The predicted molar refractivity (Wildman–Crippen MR) is 152 cm³/mol. The number of likely N-dealkylation sites (N-methyl/N-ethyl adjacent to an activating group) is 1. The number of amides is 4. The zero-order chi connectivity index (χ0) is 30.6. The molecule has 9 nitrogen and oxygen atoms in total. The maximum Gasteiger partial charge on any atom is 0.416 e. The molecule has 4 rings (SSSR count). The van der Waals surface area contributed by atoms with Crippen molar-refractivity contribution in [3.05, 3.63) is 76.5 Å². The first kappa shape index (κ1) is 30.9. The van der Waals surface area contributed by atoms with Gasteiger partial charge in [-0.25, -0.2) is 14.4 Å². The van der Waals surface area contributed by atoms with Gasteiger partial charge in [0.1, 0.15) is 0 Å². The topological polar surface area (TPSA) is 94.2 Å². The van der Waals surface area contributed by atoms with Gasteiger partial charge in [-0.2, -0.15) is 13.2 Å². The van der Waals surface area contributed by atoms with Crippen LogP contribution in [0.25, 0.3) is 0 Å². The fraction of sp³-hybridized carbons (Fsp3) is 0.433. The molecule has 2 heterocycles. The third kappa shape index (κ3) is 6.70. The van der Waals surface area contributed by atoms with E-state index in [1.54, 1.807) is 16.7 Å². The normalized spacial score (nSPS) is 19.9. The number of hydrogen-bond acceptors (Lipinski definition) is 5. The average Bonchev–Trinajstić information content (AvgIpc) is 2.93. The molecule has 2 aliphatic rings. The van der Waals surface area contributed by atoms with Crippen molar-refractivity contribution in [1.29, 1.82) is 0 Å². The summed E-state index contributed by atoms with van der Waals surface area (Å²) in [5.74, 6) is -0.498. The molecule has 2 aliphatic heterocycles. The second-order valence-electron chi connectivity index (χ2n) is 10.3. The number of rotatable bonds is 7. The molecule has 0 saturated carbocycles. The van der Waals surface area contributed by atoms with E-state index in [1.165, 1.54) is 12.1 Å². The first-order valence-corrected chi connectivity index (χ1v) is 14.0. The molecule has 0 radical (unpaired) electrons. The van der Waals surface area contributed by atoms with E-state index in [0.717, 1.165) is 23.3 Å². The lowest BCUT2D eigenvalue weighted by Gasteiger charge is -2.43. The second kappa shape index (κ2) is 12.8. The number of nitrogens with one attached hydrogen (secondary N) is 2. The van der Waals surface area contributed by atoms with Crippen molar-refractivity contribution >= 4 is 23.7 Å². The Labute approximate surface area is 243 Å². The summed E-state index contributed by atoms with van der Waals surface area (Å²) in [4.78, 5) is 44.8. The minimum Gasteiger partial charge on any atom is -0.463 e. The summed E-state index contributed by atoms with van der Waals surface area (Å²) < 4.78 is 44.1. The fourth-order valence-electron chi connectivity index (χ4n) is 5.43. The minimum atomic E-state index is -4.46. The number of ether oxygens (including phenoxy) is 1. The van der Waals surface area contributed by atoms with Crippen LogP contribution in [0.2, 0.25) is 0 Å². The Bertz CT molecular complexity index is 1350. The molecule has 4 amide bonds. The highest BCUT2D eigenvalue weighted by Crippen LogP contribution is 2.34. The number of piperazine rings is 1. The van der Waals surface area contributed by atoms with Crippen molar-refractivity contribution in [3.63, 3.8) is 0 Å². The van der Waals surface area contributed by atoms with Crippen LogP contribution in [0.4, 0.5) is 28.4 Å². The van der Waals surface area contributed by atoms with Crippen LogP contribution in [0.3, 0.4) is 0 Å². The molecule has 0 spiro atoms. The number of benzene rings is 2. The van der Waals surface area contributed by atoms with Gasteiger partial charge in [0.05, 0.1) is 23.8 Å². The van der Waals surface area contributed by atoms with E-state index in [0.29, 0.717) is 37.4 Å². The van der Waals surface area contributed by atoms with Crippen molar-refractivity contribution in [3.8, 4) is 0 Å². The third-order valence-electron chi connectivity index (χ3n) is 7.56. The van der Waals surface area contributed by atoms with Crippen LogP contribution >= 0.6 is 0 Å². The zero-order valence-electron chi connectivity index (χ0n) is 24.1. The zero-order valence-corrected chi connectivity index (χ0v) is 24.1. The van der Waals surface area contributed by atoms with Gasteiger partial charge in [-0.05, 0) is 63.1 Å². The summed E-state index contributed by atoms with van der Waals surface area (Å²) in [5.41, 5.74) is 2.14. The summed E-state index contributed by atoms with van der Waals surface area (Å²) in [5, 5.41) is 5.66. The summed E-state index contributed by atoms with van der Waals surface area (Å²) in [6, 6.07) is 10.2. The molecule has 2 aromatic rings. The van der Waals surface area contributed by atoms with Crippen LogP contribution < -0.4 is 10.6 Å². The fourth-order valence-corrected chi connectivity index (χ4v) is 5.43. The maximum absolute atomic E-state index is 13.4. The van der Waals surface area contributed by atoms with Gasteiger partial charge in [-0.15, -0.1) is 0 Å². The number of hydrogen-bond donors (Lipinski definition) is 2. The van der Waals surface area contributed by atoms with Crippen molar-refractivity contribution < 1.29 is 32.3 Å². The summed E-state index contributed by atoms with van der Waals surface area (Å²) in [7, 11) is 0. The molecule has 0 bridgehead atoms. The van der Waals surface area contributed by atoms with E-state index >= 15 is 0 Å². The largest absolute Gasteiger partial charge is 0.463 e. The molecule has 42 heavy (non-hydrogen) atoms. The lowest BCUT2D eigenvalue weighted by atomic mass is 9.91. The van der Waals surface area contributed by atoms with Crippen LogP contribution in [0.15, 0.2) is 59.8 Å². The van der Waals surface area contributed by atoms with Gasteiger partial charge in [-0.1, -0.05) is 24.3 Å². The van der Waals surface area contributed by atoms with E-state index in [4.69, 9.17) is 4.74 Å². The summed E-state index contributed by atoms with van der Waals surface area (Å²) >= 11 is 0. The minimum absolute atomic E-state index is 0.180. The van der Waals surface area contributed by atoms with Crippen LogP contribution in [0, 0.1) is 6.92 Å². The molecule has 2 aromatic carbocycles. The molecule has 2 N–H and O–H groups in total. The lowest BCUT2D eigenvalue weighted by molar-refractivity contribution is -0.139. The Kier molecular flexibility index (Phi) is 9.45.